The van der Waals surface area contributed by atoms with Crippen LogP contribution in [0.1, 0.15) is 272 Å². The van der Waals surface area contributed by atoms with Gasteiger partial charge in [0.2, 0.25) is 0 Å². The normalized spacial score (nSPS) is 12.5. The third-order valence-electron chi connectivity index (χ3n) is 11.6. The van der Waals surface area contributed by atoms with Crippen molar-refractivity contribution in [1.82, 2.24) is 0 Å². The van der Waals surface area contributed by atoms with Crippen LogP contribution in [0.25, 0.3) is 0 Å². The number of unbranched alkanes of at least 4 members (excludes halogenated alkanes) is 28. The summed E-state index contributed by atoms with van der Waals surface area (Å²) in [5.41, 5.74) is 0. The first kappa shape index (κ1) is 54.4. The topological polar surface area (TPSA) is 78.9 Å². The number of hydrogen-bond acceptors (Lipinski definition) is 6. The van der Waals surface area contributed by atoms with Gasteiger partial charge in [-0.25, -0.2) is 0 Å². The lowest BCUT2D eigenvalue weighted by molar-refractivity contribution is -0.167. The maximum atomic E-state index is 12.8. The Labute approximate surface area is 348 Å². The van der Waals surface area contributed by atoms with E-state index in [0.29, 0.717) is 19.3 Å². The minimum absolute atomic E-state index is 0.0655. The van der Waals surface area contributed by atoms with Crippen LogP contribution in [-0.4, -0.2) is 37.2 Å². The van der Waals surface area contributed by atoms with Gasteiger partial charge in [0, 0.05) is 19.3 Å². The molecule has 332 valence electrons. The van der Waals surface area contributed by atoms with Gasteiger partial charge in [-0.2, -0.15) is 0 Å². The van der Waals surface area contributed by atoms with E-state index in [1.165, 1.54) is 161 Å². The molecule has 0 fully saturated rings. The maximum absolute atomic E-state index is 12.8. The molecule has 0 aromatic rings. The number of rotatable bonds is 44. The molecular weight excluding hydrogens is 697 g/mol. The Hall–Kier alpha value is -1.59. The molecule has 0 aliphatic rings. The van der Waals surface area contributed by atoms with Gasteiger partial charge in [0.05, 0.1) is 0 Å². The van der Waals surface area contributed by atoms with E-state index in [9.17, 15) is 14.4 Å². The Kier molecular flexibility index (Phi) is 41.8. The molecule has 0 aliphatic carbocycles. The largest absolute Gasteiger partial charge is 0.462 e. The summed E-state index contributed by atoms with van der Waals surface area (Å²) in [6.45, 7) is 11.3. The van der Waals surface area contributed by atoms with Gasteiger partial charge in [0.15, 0.2) is 6.10 Å². The van der Waals surface area contributed by atoms with E-state index in [1.807, 2.05) is 0 Å². The van der Waals surface area contributed by atoms with Crippen molar-refractivity contribution in [2.24, 2.45) is 11.8 Å². The minimum Gasteiger partial charge on any atom is -0.462 e. The van der Waals surface area contributed by atoms with Crippen LogP contribution in [0, 0.1) is 11.8 Å². The van der Waals surface area contributed by atoms with Crippen LogP contribution in [0.4, 0.5) is 0 Å². The lowest BCUT2D eigenvalue weighted by Crippen LogP contribution is -2.30. The van der Waals surface area contributed by atoms with Gasteiger partial charge in [-0.3, -0.25) is 14.4 Å². The molecule has 0 N–H and O–H groups in total. The molecule has 6 nitrogen and oxygen atoms in total. The number of carbonyl (C=O) groups excluding carboxylic acids is 3. The van der Waals surface area contributed by atoms with Gasteiger partial charge in [-0.15, -0.1) is 0 Å². The molecule has 0 amide bonds. The predicted octanol–water partition coefficient (Wildman–Crippen LogP) is 15.8. The first-order valence-electron chi connectivity index (χ1n) is 24.8. The fourth-order valence-electron chi connectivity index (χ4n) is 7.43. The molecular formula is C50H96O6. The molecule has 0 rings (SSSR count). The van der Waals surface area contributed by atoms with Crippen molar-refractivity contribution in [2.45, 2.75) is 278 Å². The summed E-state index contributed by atoms with van der Waals surface area (Å²) in [6, 6.07) is 0. The average molecular weight is 793 g/mol. The summed E-state index contributed by atoms with van der Waals surface area (Å²) in [6.07, 6.45) is 42.4. The Bertz CT molecular complexity index is 856. The highest BCUT2D eigenvalue weighted by Crippen LogP contribution is 2.17. The highest BCUT2D eigenvalue weighted by Gasteiger charge is 2.19. The molecule has 0 aromatic heterocycles. The lowest BCUT2D eigenvalue weighted by atomic mass is 10.00. The van der Waals surface area contributed by atoms with Crippen molar-refractivity contribution in [2.75, 3.05) is 13.2 Å². The fraction of sp³-hybridized carbons (Fsp3) is 0.940. The van der Waals surface area contributed by atoms with Crippen molar-refractivity contribution < 1.29 is 28.6 Å². The van der Waals surface area contributed by atoms with Crippen LogP contribution in [0.2, 0.25) is 0 Å². The smallest absolute Gasteiger partial charge is 0.306 e. The molecule has 2 atom stereocenters. The molecule has 6 heteroatoms. The Morgan fingerprint density at radius 2 is 0.679 bits per heavy atom. The van der Waals surface area contributed by atoms with E-state index in [-0.39, 0.29) is 31.1 Å². The van der Waals surface area contributed by atoms with Gasteiger partial charge in [0.1, 0.15) is 13.2 Å². The van der Waals surface area contributed by atoms with Gasteiger partial charge < -0.3 is 14.2 Å². The minimum atomic E-state index is -0.762. The van der Waals surface area contributed by atoms with Gasteiger partial charge in [-0.05, 0) is 31.1 Å². The summed E-state index contributed by atoms with van der Waals surface area (Å²) in [5.74, 6) is 0.754. The average Bonchev–Trinajstić information content (AvgIpc) is 3.18. The molecule has 0 spiro atoms. The predicted molar refractivity (Wildman–Crippen MR) is 238 cm³/mol. The van der Waals surface area contributed by atoms with Crippen molar-refractivity contribution in [1.29, 1.82) is 0 Å². The van der Waals surface area contributed by atoms with Crippen molar-refractivity contribution in [3.63, 3.8) is 0 Å². The second kappa shape index (κ2) is 43.0. The van der Waals surface area contributed by atoms with E-state index in [1.54, 1.807) is 0 Å². The summed E-state index contributed by atoms with van der Waals surface area (Å²) >= 11 is 0. The zero-order valence-corrected chi connectivity index (χ0v) is 38.3. The van der Waals surface area contributed by atoms with E-state index in [0.717, 1.165) is 69.6 Å². The first-order valence-corrected chi connectivity index (χ1v) is 24.8. The van der Waals surface area contributed by atoms with Gasteiger partial charge in [0.25, 0.3) is 0 Å². The van der Waals surface area contributed by atoms with Crippen LogP contribution < -0.4 is 0 Å². The summed E-state index contributed by atoms with van der Waals surface area (Å²) in [7, 11) is 0. The molecule has 0 saturated carbocycles. The highest BCUT2D eigenvalue weighted by molar-refractivity contribution is 5.71. The third-order valence-corrected chi connectivity index (χ3v) is 11.6. The van der Waals surface area contributed by atoms with Crippen molar-refractivity contribution >= 4 is 17.9 Å². The van der Waals surface area contributed by atoms with E-state index < -0.39 is 6.10 Å². The third kappa shape index (κ3) is 42.0. The van der Waals surface area contributed by atoms with Gasteiger partial charge in [-0.1, -0.05) is 234 Å². The number of esters is 3. The van der Waals surface area contributed by atoms with Gasteiger partial charge >= 0.3 is 17.9 Å². The first-order chi connectivity index (χ1) is 27.3. The summed E-state index contributed by atoms with van der Waals surface area (Å²) in [4.78, 5) is 37.8. The van der Waals surface area contributed by atoms with E-state index in [2.05, 4.69) is 34.6 Å². The SMILES string of the molecule is CCCCCCCCCCCCCCCCCCCC(=O)O[C@@H](COC(=O)CCCCCCCCCCC(C)C)COC(=O)CCCCCCCCC(C)CC. The number of ether oxygens (including phenoxy) is 3. The van der Waals surface area contributed by atoms with Crippen molar-refractivity contribution in [3.8, 4) is 0 Å². The van der Waals surface area contributed by atoms with E-state index >= 15 is 0 Å². The molecule has 1 unspecified atom stereocenters. The van der Waals surface area contributed by atoms with E-state index in [4.69, 9.17) is 14.2 Å². The molecule has 0 bridgehead atoms. The number of hydrogen-bond donors (Lipinski definition) is 0. The summed E-state index contributed by atoms with van der Waals surface area (Å²) < 4.78 is 16.8. The summed E-state index contributed by atoms with van der Waals surface area (Å²) in [5, 5.41) is 0. The number of carbonyl (C=O) groups is 3. The zero-order valence-electron chi connectivity index (χ0n) is 38.3. The maximum Gasteiger partial charge on any atom is 0.306 e. The fourth-order valence-corrected chi connectivity index (χ4v) is 7.43. The Morgan fingerprint density at radius 1 is 0.375 bits per heavy atom. The standard InChI is InChI=1S/C50H96O6/c1-6-8-9-10-11-12-13-14-15-16-17-18-19-20-25-32-37-42-50(53)56-47(44-55-49(52)41-36-31-27-26-29-34-39-46(5)7-2)43-54-48(51)40-35-30-24-22-21-23-28-33-38-45(3)4/h45-47H,6-44H2,1-5H3/t46?,47-/m0/s1. The Morgan fingerprint density at radius 3 is 1.02 bits per heavy atom. The quantitative estimate of drug-likeness (QED) is 0.0347. The van der Waals surface area contributed by atoms with Crippen LogP contribution in [0.5, 0.6) is 0 Å². The van der Waals surface area contributed by atoms with Crippen LogP contribution in [0.15, 0.2) is 0 Å². The molecule has 0 heterocycles. The van der Waals surface area contributed by atoms with Crippen molar-refractivity contribution in [3.05, 3.63) is 0 Å². The zero-order chi connectivity index (χ0) is 41.2. The second-order valence-electron chi connectivity index (χ2n) is 17.8. The molecule has 0 aliphatic heterocycles. The van der Waals surface area contributed by atoms with Crippen LogP contribution >= 0.6 is 0 Å². The Balaban J connectivity index is 4.29. The van der Waals surface area contributed by atoms with Crippen LogP contribution in [-0.2, 0) is 28.6 Å². The lowest BCUT2D eigenvalue weighted by Gasteiger charge is -2.18. The molecule has 0 aromatic carbocycles. The van der Waals surface area contributed by atoms with Crippen LogP contribution in [0.3, 0.4) is 0 Å². The highest BCUT2D eigenvalue weighted by atomic mass is 16.6. The second-order valence-corrected chi connectivity index (χ2v) is 17.8. The molecule has 56 heavy (non-hydrogen) atoms. The molecule has 0 radical (unpaired) electrons. The monoisotopic (exact) mass is 793 g/mol. The molecule has 0 saturated heterocycles.